The first-order chi connectivity index (χ1) is 13.4. The molecule has 0 aliphatic carbocycles. The zero-order valence-corrected chi connectivity index (χ0v) is 17.5. The first-order valence-electron chi connectivity index (χ1n) is 9.78. The van der Waals surface area contributed by atoms with Gasteiger partial charge in [-0.25, -0.2) is 0 Å². The summed E-state index contributed by atoms with van der Waals surface area (Å²) in [6.07, 6.45) is 4.32. The van der Waals surface area contributed by atoms with Crippen LogP contribution in [0.4, 0.5) is 5.69 Å². The second-order valence-corrected chi connectivity index (χ2v) is 7.69. The Hall–Kier alpha value is -1.99. The number of hydrogen-bond acceptors (Lipinski definition) is 5. The van der Waals surface area contributed by atoms with Gasteiger partial charge in [0.1, 0.15) is 5.75 Å². The summed E-state index contributed by atoms with van der Waals surface area (Å²) < 4.78 is 5.25. The quantitative estimate of drug-likeness (QED) is 0.406. The highest BCUT2D eigenvalue weighted by Crippen LogP contribution is 2.28. The Morgan fingerprint density at radius 3 is 2.79 bits per heavy atom. The maximum atomic E-state index is 12.5. The minimum absolute atomic E-state index is 0.0308. The van der Waals surface area contributed by atoms with E-state index in [2.05, 4.69) is 15.5 Å². The highest BCUT2D eigenvalue weighted by Gasteiger charge is 2.23. The summed E-state index contributed by atoms with van der Waals surface area (Å²) in [7, 11) is 1.50. The molecule has 4 N–H and O–H groups in total. The molecule has 1 heterocycles. The van der Waals surface area contributed by atoms with E-state index in [1.807, 2.05) is 0 Å². The van der Waals surface area contributed by atoms with E-state index in [0.717, 1.165) is 51.9 Å². The number of nitrogens with one attached hydrogen (secondary N) is 2. The maximum Gasteiger partial charge on any atom is 0.255 e. The van der Waals surface area contributed by atoms with Crippen LogP contribution in [-0.4, -0.2) is 56.5 Å². The topological polar surface area (TPSA) is 96.7 Å². The summed E-state index contributed by atoms with van der Waals surface area (Å²) in [6.45, 7) is 6.04. The molecule has 2 rings (SSSR count). The molecule has 0 radical (unpaired) electrons. The van der Waals surface area contributed by atoms with E-state index in [4.69, 9.17) is 22.1 Å². The van der Waals surface area contributed by atoms with Crippen LogP contribution in [0.25, 0.3) is 0 Å². The van der Waals surface area contributed by atoms with E-state index in [1.54, 1.807) is 19.1 Å². The molecule has 1 saturated heterocycles. The van der Waals surface area contributed by atoms with Gasteiger partial charge in [0.25, 0.3) is 5.91 Å². The van der Waals surface area contributed by atoms with Gasteiger partial charge in [0.15, 0.2) is 0 Å². The Kier molecular flexibility index (Phi) is 8.86. The number of rotatable bonds is 10. The highest BCUT2D eigenvalue weighted by molar-refractivity contribution is 6.33. The van der Waals surface area contributed by atoms with Crippen LogP contribution in [-0.2, 0) is 4.79 Å². The number of anilines is 1. The largest absolute Gasteiger partial charge is 0.496 e. The fraction of sp³-hybridized carbons (Fsp3) is 0.600. The van der Waals surface area contributed by atoms with E-state index >= 15 is 0 Å². The van der Waals surface area contributed by atoms with Gasteiger partial charge >= 0.3 is 0 Å². The van der Waals surface area contributed by atoms with Crippen molar-refractivity contribution < 1.29 is 14.3 Å². The zero-order valence-electron chi connectivity index (χ0n) is 16.7. The lowest BCUT2D eigenvalue weighted by Crippen LogP contribution is -2.31. The molecule has 0 saturated carbocycles. The molecule has 2 amide bonds. The summed E-state index contributed by atoms with van der Waals surface area (Å²) in [4.78, 5) is 25.8. The number of carbonyl (C=O) groups excluding carboxylic acids is 2. The summed E-state index contributed by atoms with van der Waals surface area (Å²) in [5.74, 6) is 0.698. The number of hydrogen-bond donors (Lipinski definition) is 3. The molecule has 7 nitrogen and oxygen atoms in total. The number of amides is 2. The monoisotopic (exact) mass is 410 g/mol. The van der Waals surface area contributed by atoms with E-state index in [1.165, 1.54) is 7.11 Å². The average molecular weight is 411 g/mol. The van der Waals surface area contributed by atoms with Gasteiger partial charge in [-0.15, -0.1) is 0 Å². The van der Waals surface area contributed by atoms with Crippen LogP contribution >= 0.6 is 11.6 Å². The molecule has 1 unspecified atom stereocenters. The lowest BCUT2D eigenvalue weighted by Gasteiger charge is -2.17. The number of halogens is 1. The fourth-order valence-electron chi connectivity index (χ4n) is 3.43. The number of likely N-dealkylation sites (tertiary alicyclic amines) is 1. The number of methoxy groups -OCH3 is 1. The van der Waals surface area contributed by atoms with Crippen LogP contribution in [0.15, 0.2) is 12.1 Å². The van der Waals surface area contributed by atoms with Crippen molar-refractivity contribution in [3.8, 4) is 5.75 Å². The van der Waals surface area contributed by atoms with Gasteiger partial charge in [-0.3, -0.25) is 9.59 Å². The zero-order chi connectivity index (χ0) is 20.5. The molecular weight excluding hydrogens is 380 g/mol. The molecule has 0 spiro atoms. The third-order valence-corrected chi connectivity index (χ3v) is 5.34. The Morgan fingerprint density at radius 1 is 1.29 bits per heavy atom. The Bertz CT molecular complexity index is 684. The average Bonchev–Trinajstić information content (AvgIpc) is 3.12. The van der Waals surface area contributed by atoms with Crippen LogP contribution in [0.3, 0.4) is 0 Å². The fourth-order valence-corrected chi connectivity index (χ4v) is 3.60. The van der Waals surface area contributed by atoms with Gasteiger partial charge < -0.3 is 26.0 Å². The number of benzene rings is 1. The molecule has 1 aliphatic rings. The molecule has 1 fully saturated rings. The van der Waals surface area contributed by atoms with E-state index in [-0.39, 0.29) is 11.8 Å². The molecular formula is C20H31ClN4O3. The summed E-state index contributed by atoms with van der Waals surface area (Å²) in [6, 6.07) is 3.12. The van der Waals surface area contributed by atoms with Crippen molar-refractivity contribution in [3.05, 3.63) is 22.7 Å². The van der Waals surface area contributed by atoms with Crippen molar-refractivity contribution >= 4 is 29.1 Å². The molecule has 1 atom stereocenters. The Balaban J connectivity index is 1.69. The van der Waals surface area contributed by atoms with Crippen molar-refractivity contribution in [2.24, 2.45) is 5.92 Å². The Labute approximate surface area is 171 Å². The van der Waals surface area contributed by atoms with Gasteiger partial charge in [-0.05, 0) is 44.3 Å². The molecule has 1 aromatic carbocycles. The summed E-state index contributed by atoms with van der Waals surface area (Å²) in [5, 5.41) is 6.16. The number of unbranched alkanes of at least 4 members (excludes halogenated alkanes) is 2. The minimum atomic E-state index is -0.199. The molecule has 156 valence electrons. The Morgan fingerprint density at radius 2 is 2.07 bits per heavy atom. The van der Waals surface area contributed by atoms with Crippen molar-refractivity contribution in [1.82, 2.24) is 15.5 Å². The smallest absolute Gasteiger partial charge is 0.255 e. The predicted molar refractivity (Wildman–Crippen MR) is 112 cm³/mol. The molecule has 8 heteroatoms. The van der Waals surface area contributed by atoms with Gasteiger partial charge in [-0.2, -0.15) is 0 Å². The first-order valence-corrected chi connectivity index (χ1v) is 10.2. The third-order valence-electron chi connectivity index (χ3n) is 5.01. The molecule has 1 aromatic rings. The summed E-state index contributed by atoms with van der Waals surface area (Å²) >= 11 is 6.04. The predicted octanol–water partition coefficient (Wildman–Crippen LogP) is 2.29. The second kappa shape index (κ2) is 11.1. The minimum Gasteiger partial charge on any atom is -0.496 e. The molecule has 1 aliphatic heterocycles. The van der Waals surface area contributed by atoms with E-state index in [9.17, 15) is 9.59 Å². The van der Waals surface area contributed by atoms with Crippen LogP contribution in [0.1, 0.15) is 43.0 Å². The van der Waals surface area contributed by atoms with Gasteiger partial charge in [-0.1, -0.05) is 18.0 Å². The summed E-state index contributed by atoms with van der Waals surface area (Å²) in [5.41, 5.74) is 6.55. The normalized spacial score (nSPS) is 16.8. The standard InChI is InChI=1S/C20H31ClN4O3/c1-14(26)23-7-4-3-5-8-25-9-6-15(13-25)12-24-20(27)16-10-17(21)18(22)11-19(16)28-2/h10-11,15H,3-9,12-13,22H2,1-2H3,(H,23,26)(H,24,27). The third kappa shape index (κ3) is 6.87. The number of ether oxygens (including phenoxy) is 1. The van der Waals surface area contributed by atoms with Crippen molar-refractivity contribution in [2.45, 2.75) is 32.6 Å². The van der Waals surface area contributed by atoms with Crippen LogP contribution < -0.4 is 21.1 Å². The number of nitrogens with zero attached hydrogens (tertiary/aromatic N) is 1. The number of carbonyl (C=O) groups is 2. The molecule has 0 aromatic heterocycles. The lowest BCUT2D eigenvalue weighted by molar-refractivity contribution is -0.118. The number of nitrogens with two attached hydrogens (primary N) is 1. The number of nitrogen functional groups attached to an aromatic ring is 1. The second-order valence-electron chi connectivity index (χ2n) is 7.28. The van der Waals surface area contributed by atoms with E-state index < -0.39 is 0 Å². The van der Waals surface area contributed by atoms with Crippen LogP contribution in [0, 0.1) is 5.92 Å². The first kappa shape index (κ1) is 22.3. The van der Waals surface area contributed by atoms with Crippen LogP contribution in [0.5, 0.6) is 5.75 Å². The van der Waals surface area contributed by atoms with Crippen molar-refractivity contribution in [1.29, 1.82) is 0 Å². The molecule has 0 bridgehead atoms. The van der Waals surface area contributed by atoms with Gasteiger partial charge in [0, 0.05) is 32.6 Å². The van der Waals surface area contributed by atoms with Crippen LogP contribution in [0.2, 0.25) is 5.02 Å². The SMILES string of the molecule is COc1cc(N)c(Cl)cc1C(=O)NCC1CCN(CCCCCNC(C)=O)C1. The highest BCUT2D eigenvalue weighted by atomic mass is 35.5. The van der Waals surface area contributed by atoms with Gasteiger partial charge in [0.2, 0.25) is 5.91 Å². The lowest BCUT2D eigenvalue weighted by atomic mass is 10.1. The maximum absolute atomic E-state index is 12.5. The van der Waals surface area contributed by atoms with E-state index in [0.29, 0.717) is 34.5 Å². The molecule has 28 heavy (non-hydrogen) atoms. The van der Waals surface area contributed by atoms with Crippen molar-refractivity contribution in [2.75, 3.05) is 45.6 Å². The van der Waals surface area contributed by atoms with Crippen molar-refractivity contribution in [3.63, 3.8) is 0 Å². The van der Waals surface area contributed by atoms with Gasteiger partial charge in [0.05, 0.1) is 23.4 Å².